The predicted octanol–water partition coefficient (Wildman–Crippen LogP) is 5.41. The predicted molar refractivity (Wildman–Crippen MR) is 143 cm³/mol. The van der Waals surface area contributed by atoms with Crippen LogP contribution in [-0.4, -0.2) is 27.8 Å². The third-order valence-electron chi connectivity index (χ3n) is 7.65. The molecule has 1 aromatic heterocycles. The van der Waals surface area contributed by atoms with Gasteiger partial charge in [0.15, 0.2) is 0 Å². The number of carbonyl (C=O) groups excluding carboxylic acids is 2. The van der Waals surface area contributed by atoms with Gasteiger partial charge in [-0.1, -0.05) is 30.3 Å². The van der Waals surface area contributed by atoms with Crippen LogP contribution in [0.2, 0.25) is 0 Å². The molecule has 4 aromatic rings. The van der Waals surface area contributed by atoms with Crippen molar-refractivity contribution in [1.29, 1.82) is 0 Å². The molecule has 0 bridgehead atoms. The Morgan fingerprint density at radius 2 is 1.68 bits per heavy atom. The molecule has 6 rings (SSSR count). The highest BCUT2D eigenvalue weighted by atomic mass is 19.1. The number of rotatable bonds is 7. The molecule has 2 heterocycles. The van der Waals surface area contributed by atoms with Gasteiger partial charge in [-0.25, -0.2) is 13.2 Å². The van der Waals surface area contributed by atoms with Crippen LogP contribution in [0, 0.1) is 23.4 Å². The summed E-state index contributed by atoms with van der Waals surface area (Å²) in [5.74, 6) is -2.52. The summed E-state index contributed by atoms with van der Waals surface area (Å²) < 4.78 is 44.8. The fraction of sp³-hybridized carbons (Fsp3) is 0.258. The minimum Gasteiger partial charge on any atom is -0.345 e. The number of benzene rings is 3. The van der Waals surface area contributed by atoms with Crippen molar-refractivity contribution in [2.45, 2.75) is 38.3 Å². The van der Waals surface area contributed by atoms with Gasteiger partial charge in [0.2, 0.25) is 5.91 Å². The van der Waals surface area contributed by atoms with Crippen LogP contribution >= 0.6 is 0 Å². The average Bonchev–Trinajstić information content (AvgIpc) is 3.69. The summed E-state index contributed by atoms with van der Waals surface area (Å²) in [6.07, 6.45) is 2.64. The first-order valence-corrected chi connectivity index (χ1v) is 13.3. The largest absolute Gasteiger partial charge is 0.345 e. The van der Waals surface area contributed by atoms with Crippen molar-refractivity contribution in [3.63, 3.8) is 0 Å². The Bertz CT molecular complexity index is 1710. The molecular formula is C31H26F3N3O3. The Hall–Kier alpha value is -4.40. The van der Waals surface area contributed by atoms with Crippen molar-refractivity contribution in [2.75, 3.05) is 6.54 Å². The van der Waals surface area contributed by atoms with Crippen LogP contribution < -0.4 is 10.9 Å². The van der Waals surface area contributed by atoms with Gasteiger partial charge in [0.05, 0.1) is 34.9 Å². The molecule has 1 aliphatic carbocycles. The van der Waals surface area contributed by atoms with Gasteiger partial charge in [0.25, 0.3) is 11.5 Å². The van der Waals surface area contributed by atoms with E-state index in [1.165, 1.54) is 47.4 Å². The van der Waals surface area contributed by atoms with Gasteiger partial charge in [-0.15, -0.1) is 0 Å². The van der Waals surface area contributed by atoms with E-state index in [2.05, 4.69) is 5.32 Å². The lowest BCUT2D eigenvalue weighted by atomic mass is 9.98. The first-order chi connectivity index (χ1) is 19.3. The third kappa shape index (κ3) is 4.76. The zero-order valence-electron chi connectivity index (χ0n) is 21.5. The topological polar surface area (TPSA) is 71.4 Å². The lowest BCUT2D eigenvalue weighted by Gasteiger charge is -2.25. The van der Waals surface area contributed by atoms with Gasteiger partial charge in [-0.2, -0.15) is 0 Å². The maximum atomic E-state index is 15.2. The van der Waals surface area contributed by atoms with Crippen LogP contribution in [0.3, 0.4) is 0 Å². The van der Waals surface area contributed by atoms with Crippen molar-refractivity contribution >= 4 is 22.6 Å². The summed E-state index contributed by atoms with van der Waals surface area (Å²) in [6, 6.07) is 14.8. The van der Waals surface area contributed by atoms with Crippen molar-refractivity contribution in [3.05, 3.63) is 111 Å². The van der Waals surface area contributed by atoms with E-state index >= 15 is 4.39 Å². The molecular weight excluding hydrogens is 519 g/mol. The summed E-state index contributed by atoms with van der Waals surface area (Å²) in [6.45, 7) is 0.320. The van der Waals surface area contributed by atoms with Crippen molar-refractivity contribution in [2.24, 2.45) is 5.92 Å². The van der Waals surface area contributed by atoms with Gasteiger partial charge < -0.3 is 10.2 Å². The number of aromatic nitrogens is 1. The number of hydrogen-bond acceptors (Lipinski definition) is 3. The smallest absolute Gasteiger partial charge is 0.266 e. The van der Waals surface area contributed by atoms with Crippen molar-refractivity contribution in [1.82, 2.24) is 14.8 Å². The molecule has 1 N–H and O–H groups in total. The number of carbonyl (C=O) groups is 2. The first kappa shape index (κ1) is 25.9. The Balaban J connectivity index is 1.58. The lowest BCUT2D eigenvalue weighted by Crippen LogP contribution is -2.36. The van der Waals surface area contributed by atoms with Gasteiger partial charge in [0, 0.05) is 18.4 Å². The lowest BCUT2D eigenvalue weighted by molar-refractivity contribution is -0.128. The van der Waals surface area contributed by atoms with Crippen LogP contribution in [0.15, 0.2) is 71.5 Å². The van der Waals surface area contributed by atoms with E-state index in [0.717, 1.165) is 29.5 Å². The minimum absolute atomic E-state index is 0.0140. The van der Waals surface area contributed by atoms with Crippen LogP contribution in [-0.2, 0) is 11.3 Å². The van der Waals surface area contributed by atoms with E-state index in [4.69, 9.17) is 0 Å². The Labute approximate surface area is 228 Å². The number of halogens is 3. The summed E-state index contributed by atoms with van der Waals surface area (Å²) in [4.78, 5) is 42.2. The summed E-state index contributed by atoms with van der Waals surface area (Å²) in [5, 5.41) is 2.79. The van der Waals surface area contributed by atoms with Crippen molar-refractivity contribution < 1.29 is 22.8 Å². The number of nitrogens with zero attached hydrogens (tertiary/aromatic N) is 2. The minimum atomic E-state index is -0.825. The fourth-order valence-electron chi connectivity index (χ4n) is 5.61. The van der Waals surface area contributed by atoms with E-state index < -0.39 is 35.0 Å². The average molecular weight is 546 g/mol. The highest BCUT2D eigenvalue weighted by Gasteiger charge is 2.36. The molecule has 3 aromatic carbocycles. The molecule has 1 saturated carbocycles. The number of pyridine rings is 1. The molecule has 40 heavy (non-hydrogen) atoms. The van der Waals surface area contributed by atoms with Crippen LogP contribution in [0.4, 0.5) is 13.2 Å². The zero-order chi connectivity index (χ0) is 28.0. The monoisotopic (exact) mass is 545 g/mol. The molecule has 1 aliphatic heterocycles. The highest BCUT2D eigenvalue weighted by Crippen LogP contribution is 2.41. The Morgan fingerprint density at radius 1 is 0.950 bits per heavy atom. The van der Waals surface area contributed by atoms with E-state index in [1.807, 2.05) is 0 Å². The molecule has 0 unspecified atom stereocenters. The molecule has 2 aliphatic rings. The van der Waals surface area contributed by atoms with E-state index in [9.17, 15) is 23.2 Å². The van der Waals surface area contributed by atoms with Crippen LogP contribution in [0.5, 0.6) is 0 Å². The molecule has 2 amide bonds. The normalized spacial score (nSPS) is 16.0. The first-order valence-electron chi connectivity index (χ1n) is 13.3. The third-order valence-corrected chi connectivity index (χ3v) is 7.65. The zero-order valence-corrected chi connectivity index (χ0v) is 21.5. The number of nitrogens with one attached hydrogen (secondary N) is 1. The standard InChI is InChI=1S/C31H26F3N3O3/c32-20-6-1-5-19(15-20)29(18-12-13-18)35-30(39)28-23-9-3-10-24(34)27(23)31(40)37(22-8-2-7-21(33)16-22)25(28)17-36-14-4-11-26(36)38/h1-3,5-10,15-16,18,29H,4,11-14,17H2,(H,35,39)/t29-/m0/s1. The molecule has 204 valence electrons. The van der Waals surface area contributed by atoms with Crippen LogP contribution in [0.1, 0.15) is 53.3 Å². The van der Waals surface area contributed by atoms with E-state index in [-0.39, 0.29) is 46.1 Å². The maximum Gasteiger partial charge on any atom is 0.266 e. The second kappa shape index (κ2) is 10.3. The molecule has 1 saturated heterocycles. The fourth-order valence-corrected chi connectivity index (χ4v) is 5.61. The summed E-state index contributed by atoms with van der Waals surface area (Å²) in [5.41, 5.74) is 0.104. The van der Waals surface area contributed by atoms with Gasteiger partial charge in [0.1, 0.15) is 17.5 Å². The number of fused-ring (bicyclic) bond motifs is 1. The molecule has 1 atom stereocenters. The van der Waals surface area contributed by atoms with Crippen molar-refractivity contribution in [3.8, 4) is 5.69 Å². The quantitative estimate of drug-likeness (QED) is 0.338. The van der Waals surface area contributed by atoms with Gasteiger partial charge in [-0.05, 0) is 67.1 Å². The van der Waals surface area contributed by atoms with E-state index in [1.54, 1.807) is 12.1 Å². The molecule has 0 radical (unpaired) electrons. The second-order valence-electron chi connectivity index (χ2n) is 10.4. The second-order valence-corrected chi connectivity index (χ2v) is 10.4. The SMILES string of the molecule is O=C(N[C@H](c1cccc(F)c1)C1CC1)c1c(CN2CCCC2=O)n(-c2cccc(F)c2)c(=O)c2c(F)cccc12. The Morgan fingerprint density at radius 3 is 2.35 bits per heavy atom. The highest BCUT2D eigenvalue weighted by molar-refractivity contribution is 6.08. The number of hydrogen-bond donors (Lipinski definition) is 1. The molecule has 6 nitrogen and oxygen atoms in total. The van der Waals surface area contributed by atoms with Gasteiger partial charge >= 0.3 is 0 Å². The maximum absolute atomic E-state index is 15.2. The van der Waals surface area contributed by atoms with Gasteiger partial charge in [-0.3, -0.25) is 19.0 Å². The molecule has 0 spiro atoms. The van der Waals surface area contributed by atoms with E-state index in [0.29, 0.717) is 24.9 Å². The van der Waals surface area contributed by atoms with Crippen LogP contribution in [0.25, 0.3) is 16.5 Å². The number of likely N-dealkylation sites (tertiary alicyclic amines) is 1. The summed E-state index contributed by atoms with van der Waals surface area (Å²) in [7, 11) is 0. The molecule has 2 fully saturated rings. The molecule has 9 heteroatoms. The summed E-state index contributed by atoms with van der Waals surface area (Å²) >= 11 is 0. The Kier molecular flexibility index (Phi) is 6.65. The number of amides is 2.